The Morgan fingerprint density at radius 3 is 2.08 bits per heavy atom. The molecule has 4 unspecified atom stereocenters. The third-order valence-electron chi connectivity index (χ3n) is 5.48. The minimum absolute atomic E-state index is 0.00357. The Bertz CT molecular complexity index is 1040. The molecule has 0 aliphatic rings. The first-order chi connectivity index (χ1) is 17.5. The maximum Gasteiger partial charge on any atom is 0.326 e. The number of carbonyl (C=O) groups excluding carboxylic acids is 3. The summed E-state index contributed by atoms with van der Waals surface area (Å²) in [7, 11) is 0. The molecule has 2 rings (SSSR count). The molecule has 4 atom stereocenters. The van der Waals surface area contributed by atoms with Gasteiger partial charge in [-0.05, 0) is 30.0 Å². The second kappa shape index (κ2) is 13.9. The van der Waals surface area contributed by atoms with Crippen molar-refractivity contribution in [1.29, 1.82) is 0 Å². The normalized spacial score (nSPS) is 14.3. The number of amides is 3. The minimum atomic E-state index is -1.27. The van der Waals surface area contributed by atoms with E-state index >= 15 is 0 Å². The van der Waals surface area contributed by atoms with Crippen LogP contribution in [0.5, 0.6) is 5.75 Å². The summed E-state index contributed by atoms with van der Waals surface area (Å²) >= 11 is 0. The molecule has 0 aliphatic heterocycles. The molecule has 0 saturated carbocycles. The van der Waals surface area contributed by atoms with E-state index in [2.05, 4.69) is 25.9 Å². The lowest BCUT2D eigenvalue weighted by molar-refractivity contribution is -0.142. The predicted molar refractivity (Wildman–Crippen MR) is 132 cm³/mol. The van der Waals surface area contributed by atoms with Gasteiger partial charge in [0.05, 0.1) is 12.9 Å². The summed E-state index contributed by atoms with van der Waals surface area (Å²) in [5.74, 6) is -3.44. The van der Waals surface area contributed by atoms with Gasteiger partial charge in [0.1, 0.15) is 29.9 Å². The highest BCUT2D eigenvalue weighted by Gasteiger charge is 2.31. The molecule has 3 amide bonds. The molecule has 0 fully saturated rings. The molecule has 202 valence electrons. The predicted octanol–water partition coefficient (Wildman–Crippen LogP) is -1.19. The van der Waals surface area contributed by atoms with Crippen LogP contribution in [-0.4, -0.2) is 79.8 Å². The van der Waals surface area contributed by atoms with Gasteiger partial charge in [-0.2, -0.15) is 0 Å². The van der Waals surface area contributed by atoms with E-state index in [1.54, 1.807) is 12.1 Å². The van der Waals surface area contributed by atoms with Gasteiger partial charge in [-0.3, -0.25) is 14.4 Å². The van der Waals surface area contributed by atoms with Crippen molar-refractivity contribution in [2.75, 3.05) is 6.61 Å². The number of phenols is 1. The van der Waals surface area contributed by atoms with Crippen molar-refractivity contribution in [1.82, 2.24) is 25.9 Å². The molecular formula is C24H34N6O7. The van der Waals surface area contributed by atoms with Crippen LogP contribution in [0, 0.1) is 5.92 Å². The number of hydrogen-bond acceptors (Lipinski definition) is 8. The van der Waals surface area contributed by atoms with E-state index in [9.17, 15) is 34.5 Å². The molecule has 0 radical (unpaired) electrons. The zero-order valence-corrected chi connectivity index (χ0v) is 20.7. The number of nitrogens with two attached hydrogens (primary N) is 1. The lowest BCUT2D eigenvalue weighted by atomic mass is 10.00. The van der Waals surface area contributed by atoms with Crippen molar-refractivity contribution in [3.63, 3.8) is 0 Å². The molecule has 0 aliphatic carbocycles. The summed E-state index contributed by atoms with van der Waals surface area (Å²) in [6, 6.07) is 1.19. The molecule has 1 aromatic carbocycles. The average molecular weight is 519 g/mol. The smallest absolute Gasteiger partial charge is 0.326 e. The molecule has 1 heterocycles. The number of benzene rings is 1. The molecule has 37 heavy (non-hydrogen) atoms. The van der Waals surface area contributed by atoms with Crippen molar-refractivity contribution < 1.29 is 34.5 Å². The molecule has 13 heteroatoms. The molecule has 2 aromatic rings. The number of hydrogen-bond donors (Lipinski definition) is 8. The fourth-order valence-electron chi connectivity index (χ4n) is 3.50. The fraction of sp³-hybridized carbons (Fsp3) is 0.458. The summed E-state index contributed by atoms with van der Waals surface area (Å²) in [4.78, 5) is 57.0. The minimum Gasteiger partial charge on any atom is -0.508 e. The van der Waals surface area contributed by atoms with Gasteiger partial charge in [0.2, 0.25) is 17.7 Å². The summed E-state index contributed by atoms with van der Waals surface area (Å²) < 4.78 is 0. The Balaban J connectivity index is 2.21. The largest absolute Gasteiger partial charge is 0.508 e. The number of nitrogens with zero attached hydrogens (tertiary/aromatic N) is 1. The number of imidazole rings is 1. The van der Waals surface area contributed by atoms with E-state index in [4.69, 9.17) is 5.73 Å². The topological polar surface area (TPSA) is 220 Å². The van der Waals surface area contributed by atoms with Crippen LogP contribution in [0.4, 0.5) is 0 Å². The van der Waals surface area contributed by atoms with Gasteiger partial charge in [-0.15, -0.1) is 0 Å². The maximum absolute atomic E-state index is 13.2. The van der Waals surface area contributed by atoms with Crippen molar-refractivity contribution in [3.8, 4) is 5.75 Å². The Morgan fingerprint density at radius 2 is 1.54 bits per heavy atom. The summed E-state index contributed by atoms with van der Waals surface area (Å²) in [5, 5.41) is 35.8. The van der Waals surface area contributed by atoms with Gasteiger partial charge in [0, 0.05) is 24.7 Å². The Morgan fingerprint density at radius 1 is 0.946 bits per heavy atom. The second-order valence-electron chi connectivity index (χ2n) is 9.09. The Labute approximate surface area is 213 Å². The van der Waals surface area contributed by atoms with Crippen LogP contribution in [0.2, 0.25) is 0 Å². The molecule has 0 bridgehead atoms. The summed E-state index contributed by atoms with van der Waals surface area (Å²) in [5.41, 5.74) is 6.69. The van der Waals surface area contributed by atoms with Crippen LogP contribution in [0.3, 0.4) is 0 Å². The maximum atomic E-state index is 13.2. The van der Waals surface area contributed by atoms with Crippen molar-refractivity contribution in [2.24, 2.45) is 11.7 Å². The van der Waals surface area contributed by atoms with Crippen molar-refractivity contribution in [3.05, 3.63) is 48.0 Å². The number of aromatic hydroxyl groups is 1. The van der Waals surface area contributed by atoms with Gasteiger partial charge in [-0.25, -0.2) is 9.78 Å². The highest BCUT2D eigenvalue weighted by molar-refractivity contribution is 5.94. The molecule has 1 aromatic heterocycles. The van der Waals surface area contributed by atoms with Gasteiger partial charge >= 0.3 is 5.97 Å². The van der Waals surface area contributed by atoms with E-state index in [1.807, 2.05) is 13.8 Å². The number of aromatic amines is 1. The van der Waals surface area contributed by atoms with Crippen LogP contribution in [0.25, 0.3) is 0 Å². The van der Waals surface area contributed by atoms with Gasteiger partial charge in [0.15, 0.2) is 0 Å². The number of aromatic nitrogens is 2. The zero-order chi connectivity index (χ0) is 27.5. The molecule has 13 nitrogen and oxygen atoms in total. The standard InChI is InChI=1S/C24H34N6O7/c1-13(2)7-18(22(34)30-20(24(36)37)9-15-10-26-12-27-15)29-23(35)19(28-21(33)17(25)11-31)8-14-3-5-16(32)6-4-14/h3-6,10,12-13,17-20,31-32H,7-9,11,25H2,1-2H3,(H,26,27)(H,28,33)(H,29,35)(H,30,34)(H,36,37). The Kier molecular flexibility index (Phi) is 11.0. The van der Waals surface area contributed by atoms with E-state index in [0.717, 1.165) is 0 Å². The lowest BCUT2D eigenvalue weighted by Crippen LogP contribution is -2.58. The van der Waals surface area contributed by atoms with Crippen molar-refractivity contribution in [2.45, 2.75) is 57.3 Å². The number of H-pyrrole nitrogens is 1. The molecule has 0 spiro atoms. The van der Waals surface area contributed by atoms with Crippen LogP contribution in [0.1, 0.15) is 31.5 Å². The molecular weight excluding hydrogens is 484 g/mol. The number of aliphatic hydroxyl groups excluding tert-OH is 1. The quantitative estimate of drug-likeness (QED) is 0.150. The Hall–Kier alpha value is -3.97. The van der Waals surface area contributed by atoms with Crippen molar-refractivity contribution >= 4 is 23.7 Å². The van der Waals surface area contributed by atoms with Gasteiger partial charge < -0.3 is 42.0 Å². The number of phenolic OH excluding ortho intramolecular Hbond substituents is 1. The number of aliphatic hydroxyl groups is 1. The van der Waals surface area contributed by atoms with E-state index in [1.165, 1.54) is 24.7 Å². The first-order valence-electron chi connectivity index (χ1n) is 11.8. The third-order valence-corrected chi connectivity index (χ3v) is 5.48. The van der Waals surface area contributed by atoms with Crippen LogP contribution in [-0.2, 0) is 32.0 Å². The number of nitrogens with one attached hydrogen (secondary N) is 4. The summed E-state index contributed by atoms with van der Waals surface area (Å²) in [6.07, 6.45) is 3.00. The number of aliphatic carboxylic acids is 1. The van der Waals surface area contributed by atoms with Crippen LogP contribution < -0.4 is 21.7 Å². The third kappa shape index (κ3) is 9.54. The highest BCUT2D eigenvalue weighted by atomic mass is 16.4. The first-order valence-corrected chi connectivity index (χ1v) is 11.8. The average Bonchev–Trinajstić information content (AvgIpc) is 3.36. The van der Waals surface area contributed by atoms with E-state index in [-0.39, 0.29) is 30.9 Å². The van der Waals surface area contributed by atoms with Crippen LogP contribution >= 0.6 is 0 Å². The number of carboxylic acid groups (broad SMARTS) is 1. The number of carboxylic acids is 1. The monoisotopic (exact) mass is 518 g/mol. The highest BCUT2D eigenvalue weighted by Crippen LogP contribution is 2.13. The van der Waals surface area contributed by atoms with Crippen LogP contribution in [0.15, 0.2) is 36.8 Å². The zero-order valence-electron chi connectivity index (χ0n) is 20.7. The first kappa shape index (κ1) is 29.3. The molecule has 0 saturated heterocycles. The van der Waals surface area contributed by atoms with Gasteiger partial charge in [0.25, 0.3) is 0 Å². The SMILES string of the molecule is CC(C)CC(NC(=O)C(Cc1ccc(O)cc1)NC(=O)C(N)CO)C(=O)NC(Cc1cnc[nH]1)C(=O)O. The van der Waals surface area contributed by atoms with E-state index < -0.39 is 54.5 Å². The fourth-order valence-corrected chi connectivity index (χ4v) is 3.50. The van der Waals surface area contributed by atoms with E-state index in [0.29, 0.717) is 11.3 Å². The van der Waals surface area contributed by atoms with Gasteiger partial charge in [-0.1, -0.05) is 26.0 Å². The number of rotatable bonds is 14. The second-order valence-corrected chi connectivity index (χ2v) is 9.09. The molecule has 9 N–H and O–H groups in total. The lowest BCUT2D eigenvalue weighted by Gasteiger charge is -2.26. The number of carbonyl (C=O) groups is 4. The summed E-state index contributed by atoms with van der Waals surface area (Å²) in [6.45, 7) is 3.04.